The normalized spacial score (nSPS) is 29.2. The highest BCUT2D eigenvalue weighted by molar-refractivity contribution is 5.23. The lowest BCUT2D eigenvalue weighted by molar-refractivity contribution is -0.101. The Balaban J connectivity index is 1.59. The van der Waals surface area contributed by atoms with Crippen LogP contribution in [0.2, 0.25) is 0 Å². The van der Waals surface area contributed by atoms with Crippen molar-refractivity contribution >= 4 is 0 Å². The summed E-state index contributed by atoms with van der Waals surface area (Å²) >= 11 is 0. The summed E-state index contributed by atoms with van der Waals surface area (Å²) in [5, 5.41) is 10.4. The Morgan fingerprint density at radius 1 is 1.47 bits per heavy atom. The summed E-state index contributed by atoms with van der Waals surface area (Å²) in [6.07, 6.45) is 2.78. The quantitative estimate of drug-likeness (QED) is 0.900. The summed E-state index contributed by atoms with van der Waals surface area (Å²) in [5.41, 5.74) is 2.44. The summed E-state index contributed by atoms with van der Waals surface area (Å²) in [5.74, 6) is 0. The van der Waals surface area contributed by atoms with Gasteiger partial charge in [0.1, 0.15) is 0 Å². The van der Waals surface area contributed by atoms with Crippen molar-refractivity contribution in [3.8, 4) is 0 Å². The molecular weight excluding hydrogens is 238 g/mol. The smallest absolute Gasteiger partial charge is 0.0964 e. The molecule has 3 rings (SSSR count). The van der Waals surface area contributed by atoms with E-state index in [1.54, 1.807) is 0 Å². The summed E-state index contributed by atoms with van der Waals surface area (Å²) in [6, 6.07) is 8.96. The van der Waals surface area contributed by atoms with Crippen molar-refractivity contribution in [2.24, 2.45) is 0 Å². The van der Waals surface area contributed by atoms with E-state index in [0.29, 0.717) is 12.5 Å². The zero-order chi connectivity index (χ0) is 13.2. The molecule has 1 N–H and O–H groups in total. The number of ether oxygens (including phenoxy) is 1. The predicted octanol–water partition coefficient (Wildman–Crippen LogP) is 1.76. The number of aryl methyl sites for hydroxylation is 1. The number of morpholine rings is 1. The lowest BCUT2D eigenvalue weighted by atomic mass is 10.0. The van der Waals surface area contributed by atoms with E-state index in [4.69, 9.17) is 4.74 Å². The van der Waals surface area contributed by atoms with E-state index in [1.807, 2.05) is 0 Å². The van der Waals surface area contributed by atoms with Crippen LogP contribution in [0.25, 0.3) is 0 Å². The first-order chi connectivity index (χ1) is 9.22. The van der Waals surface area contributed by atoms with Crippen LogP contribution in [-0.4, -0.2) is 48.0 Å². The molecule has 1 aromatic rings. The monoisotopic (exact) mass is 261 g/mol. The molecule has 0 bridgehead atoms. The molecule has 2 aliphatic heterocycles. The van der Waals surface area contributed by atoms with E-state index in [0.717, 1.165) is 13.2 Å². The maximum absolute atomic E-state index is 10.4. The van der Waals surface area contributed by atoms with Gasteiger partial charge in [0, 0.05) is 19.0 Å². The fraction of sp³-hybridized carbons (Fsp3) is 0.625. The Morgan fingerprint density at radius 2 is 2.37 bits per heavy atom. The number of hydrogen-bond donors (Lipinski definition) is 1. The fourth-order valence-corrected chi connectivity index (χ4v) is 3.29. The second-order valence-corrected chi connectivity index (χ2v) is 5.92. The molecule has 3 atom stereocenters. The molecule has 0 amide bonds. The predicted molar refractivity (Wildman–Crippen MR) is 75.2 cm³/mol. The second kappa shape index (κ2) is 5.61. The number of aliphatic hydroxyl groups excluding tert-OH is 1. The minimum Gasteiger partial charge on any atom is -0.390 e. The number of fused-ring (bicyclic) bond motifs is 1. The number of benzene rings is 1. The van der Waals surface area contributed by atoms with Crippen LogP contribution < -0.4 is 0 Å². The number of nitrogens with zero attached hydrogens (tertiary/aromatic N) is 1. The van der Waals surface area contributed by atoms with Crippen LogP contribution >= 0.6 is 0 Å². The maximum atomic E-state index is 10.4. The molecular formula is C16H23NO2. The molecule has 0 aliphatic carbocycles. The standard InChI is InChI=1S/C16H23NO2/c1-12-4-2-5-13(8-12)9-15(18)16-10-17-7-3-6-14(17)11-19-16/h2,4-5,8,14-16,18H,3,6-7,9-11H2,1H3. The average Bonchev–Trinajstić information content (AvgIpc) is 2.85. The average molecular weight is 261 g/mol. The van der Waals surface area contributed by atoms with Crippen LogP contribution in [0.4, 0.5) is 0 Å². The van der Waals surface area contributed by atoms with Gasteiger partial charge in [-0.2, -0.15) is 0 Å². The highest BCUT2D eigenvalue weighted by Crippen LogP contribution is 2.24. The zero-order valence-electron chi connectivity index (χ0n) is 11.6. The molecule has 2 heterocycles. The van der Waals surface area contributed by atoms with Gasteiger partial charge in [-0.15, -0.1) is 0 Å². The first-order valence-corrected chi connectivity index (χ1v) is 7.31. The highest BCUT2D eigenvalue weighted by Gasteiger charge is 2.35. The van der Waals surface area contributed by atoms with Crippen LogP contribution in [-0.2, 0) is 11.2 Å². The highest BCUT2D eigenvalue weighted by atomic mass is 16.5. The van der Waals surface area contributed by atoms with Crippen LogP contribution in [0.15, 0.2) is 24.3 Å². The Labute approximate surface area is 115 Å². The zero-order valence-corrected chi connectivity index (χ0v) is 11.6. The van der Waals surface area contributed by atoms with Gasteiger partial charge in [-0.05, 0) is 31.9 Å². The summed E-state index contributed by atoms with van der Waals surface area (Å²) in [4.78, 5) is 2.48. The molecule has 104 valence electrons. The molecule has 19 heavy (non-hydrogen) atoms. The molecule has 3 unspecified atom stereocenters. The van der Waals surface area contributed by atoms with E-state index in [2.05, 4.69) is 36.1 Å². The molecule has 3 nitrogen and oxygen atoms in total. The third-order valence-corrected chi connectivity index (χ3v) is 4.37. The van der Waals surface area contributed by atoms with Gasteiger partial charge in [0.05, 0.1) is 18.8 Å². The van der Waals surface area contributed by atoms with E-state index in [1.165, 1.54) is 30.5 Å². The Hall–Kier alpha value is -0.900. The minimum absolute atomic E-state index is 0.0325. The Kier molecular flexibility index (Phi) is 3.87. The van der Waals surface area contributed by atoms with Gasteiger partial charge in [0.2, 0.25) is 0 Å². The molecule has 1 aromatic carbocycles. The third-order valence-electron chi connectivity index (χ3n) is 4.37. The minimum atomic E-state index is -0.400. The topological polar surface area (TPSA) is 32.7 Å². The SMILES string of the molecule is Cc1cccc(CC(O)C2CN3CCCC3CO2)c1. The first-order valence-electron chi connectivity index (χ1n) is 7.31. The molecule has 2 fully saturated rings. The molecule has 2 aliphatic rings. The van der Waals surface area contributed by atoms with E-state index in [-0.39, 0.29) is 6.10 Å². The summed E-state index contributed by atoms with van der Waals surface area (Å²) < 4.78 is 5.86. The van der Waals surface area contributed by atoms with Gasteiger partial charge in [0.25, 0.3) is 0 Å². The fourth-order valence-electron chi connectivity index (χ4n) is 3.29. The van der Waals surface area contributed by atoms with E-state index in [9.17, 15) is 5.11 Å². The molecule has 0 radical (unpaired) electrons. The van der Waals surface area contributed by atoms with E-state index < -0.39 is 6.10 Å². The van der Waals surface area contributed by atoms with Gasteiger partial charge in [0.15, 0.2) is 0 Å². The van der Waals surface area contributed by atoms with Gasteiger partial charge < -0.3 is 9.84 Å². The number of aliphatic hydroxyl groups is 1. The summed E-state index contributed by atoms with van der Waals surface area (Å²) in [6.45, 7) is 4.93. The van der Waals surface area contributed by atoms with Crippen molar-refractivity contribution in [1.29, 1.82) is 0 Å². The van der Waals surface area contributed by atoms with Gasteiger partial charge >= 0.3 is 0 Å². The molecule has 2 saturated heterocycles. The second-order valence-electron chi connectivity index (χ2n) is 5.92. The molecule has 3 heteroatoms. The van der Waals surface area contributed by atoms with Gasteiger partial charge in [-0.3, -0.25) is 4.90 Å². The van der Waals surface area contributed by atoms with Gasteiger partial charge in [-0.25, -0.2) is 0 Å². The van der Waals surface area contributed by atoms with Crippen molar-refractivity contribution in [1.82, 2.24) is 4.90 Å². The Bertz CT molecular complexity index is 435. The van der Waals surface area contributed by atoms with Crippen molar-refractivity contribution in [2.45, 2.75) is 44.4 Å². The van der Waals surface area contributed by atoms with Crippen molar-refractivity contribution in [3.63, 3.8) is 0 Å². The van der Waals surface area contributed by atoms with Crippen molar-refractivity contribution in [2.75, 3.05) is 19.7 Å². The number of hydrogen-bond acceptors (Lipinski definition) is 3. The largest absolute Gasteiger partial charge is 0.390 e. The molecule has 0 spiro atoms. The van der Waals surface area contributed by atoms with Crippen LogP contribution in [0.1, 0.15) is 24.0 Å². The first kappa shape index (κ1) is 13.1. The molecule has 0 aromatic heterocycles. The van der Waals surface area contributed by atoms with Gasteiger partial charge in [-0.1, -0.05) is 29.8 Å². The lowest BCUT2D eigenvalue weighted by Gasteiger charge is -2.37. The number of rotatable bonds is 3. The van der Waals surface area contributed by atoms with Crippen molar-refractivity contribution < 1.29 is 9.84 Å². The summed E-state index contributed by atoms with van der Waals surface area (Å²) in [7, 11) is 0. The lowest BCUT2D eigenvalue weighted by Crippen LogP contribution is -2.50. The maximum Gasteiger partial charge on any atom is 0.0964 e. The Morgan fingerprint density at radius 3 is 3.21 bits per heavy atom. The molecule has 0 saturated carbocycles. The van der Waals surface area contributed by atoms with E-state index >= 15 is 0 Å². The van der Waals surface area contributed by atoms with Crippen LogP contribution in [0, 0.1) is 6.92 Å². The third kappa shape index (κ3) is 2.99. The van der Waals surface area contributed by atoms with Crippen LogP contribution in [0.3, 0.4) is 0 Å². The van der Waals surface area contributed by atoms with Crippen LogP contribution in [0.5, 0.6) is 0 Å². The van der Waals surface area contributed by atoms with Crippen molar-refractivity contribution in [3.05, 3.63) is 35.4 Å².